The van der Waals surface area contributed by atoms with E-state index in [0.717, 1.165) is 31.6 Å². The van der Waals surface area contributed by atoms with Crippen molar-refractivity contribution in [3.05, 3.63) is 29.8 Å². The first-order chi connectivity index (χ1) is 9.11. The Bertz CT molecular complexity index is 407. The molecule has 3 atom stereocenters. The average molecular weight is 263 g/mol. The molecule has 1 aliphatic carbocycles. The minimum Gasteiger partial charge on any atom is -0.496 e. The second kappa shape index (κ2) is 6.40. The molecular formula is C16H25NO2. The third-order valence-electron chi connectivity index (χ3n) is 4.22. The fourth-order valence-electron chi connectivity index (χ4n) is 3.03. The maximum absolute atomic E-state index is 10.2. The maximum atomic E-state index is 10.2. The smallest absolute Gasteiger partial charge is 0.123 e. The van der Waals surface area contributed by atoms with Crippen molar-refractivity contribution in [1.82, 2.24) is 4.90 Å². The lowest BCUT2D eigenvalue weighted by Crippen LogP contribution is -2.44. The largest absolute Gasteiger partial charge is 0.496 e. The van der Waals surface area contributed by atoms with Gasteiger partial charge in [0, 0.05) is 18.2 Å². The van der Waals surface area contributed by atoms with E-state index in [-0.39, 0.29) is 12.1 Å². The second-order valence-corrected chi connectivity index (χ2v) is 5.78. The van der Waals surface area contributed by atoms with E-state index in [1.807, 2.05) is 18.2 Å². The van der Waals surface area contributed by atoms with E-state index in [9.17, 15) is 5.11 Å². The third kappa shape index (κ3) is 3.48. The van der Waals surface area contributed by atoms with Gasteiger partial charge in [-0.15, -0.1) is 0 Å². The number of aliphatic hydroxyl groups is 1. The van der Waals surface area contributed by atoms with Crippen LogP contribution in [0.2, 0.25) is 0 Å². The molecule has 1 N–H and O–H groups in total. The van der Waals surface area contributed by atoms with E-state index in [1.165, 1.54) is 5.56 Å². The van der Waals surface area contributed by atoms with Crippen LogP contribution in [0.4, 0.5) is 0 Å². The predicted molar refractivity (Wildman–Crippen MR) is 77.3 cm³/mol. The van der Waals surface area contributed by atoms with Crippen LogP contribution in [0.15, 0.2) is 24.3 Å². The first-order valence-electron chi connectivity index (χ1n) is 7.12. The van der Waals surface area contributed by atoms with Crippen LogP contribution < -0.4 is 4.74 Å². The predicted octanol–water partition coefficient (Wildman–Crippen LogP) is 2.68. The van der Waals surface area contributed by atoms with Gasteiger partial charge in [-0.3, -0.25) is 4.90 Å². The topological polar surface area (TPSA) is 32.7 Å². The van der Waals surface area contributed by atoms with Gasteiger partial charge < -0.3 is 9.84 Å². The van der Waals surface area contributed by atoms with Gasteiger partial charge in [0.25, 0.3) is 0 Å². The molecule has 0 amide bonds. The molecular weight excluding hydrogens is 238 g/mol. The summed E-state index contributed by atoms with van der Waals surface area (Å²) in [6, 6.07) is 8.36. The van der Waals surface area contributed by atoms with Gasteiger partial charge in [-0.05, 0) is 38.3 Å². The zero-order valence-electron chi connectivity index (χ0n) is 12.2. The molecule has 0 aliphatic heterocycles. The number of hydrogen-bond donors (Lipinski definition) is 1. The van der Waals surface area contributed by atoms with Gasteiger partial charge in [-0.25, -0.2) is 0 Å². The van der Waals surface area contributed by atoms with Gasteiger partial charge in [-0.1, -0.05) is 25.1 Å². The molecule has 2 rings (SSSR count). The second-order valence-electron chi connectivity index (χ2n) is 5.78. The molecule has 0 spiro atoms. The van der Waals surface area contributed by atoms with Gasteiger partial charge in [0.1, 0.15) is 5.75 Å². The van der Waals surface area contributed by atoms with E-state index < -0.39 is 0 Å². The lowest BCUT2D eigenvalue weighted by molar-refractivity contribution is 0.0137. The Morgan fingerprint density at radius 3 is 2.79 bits per heavy atom. The summed E-state index contributed by atoms with van der Waals surface area (Å²) in [6.45, 7) is 3.09. The number of nitrogens with zero attached hydrogens (tertiary/aromatic N) is 1. The highest BCUT2D eigenvalue weighted by Crippen LogP contribution is 2.29. The zero-order valence-corrected chi connectivity index (χ0v) is 12.2. The molecule has 0 heterocycles. The number of aliphatic hydroxyl groups excluding tert-OH is 1. The molecule has 0 bridgehead atoms. The van der Waals surface area contributed by atoms with Crippen LogP contribution in [0.25, 0.3) is 0 Å². The third-order valence-corrected chi connectivity index (χ3v) is 4.22. The molecule has 0 radical (unpaired) electrons. The lowest BCUT2D eigenvalue weighted by Gasteiger charge is -2.38. The van der Waals surface area contributed by atoms with Crippen molar-refractivity contribution in [3.8, 4) is 5.75 Å². The summed E-state index contributed by atoms with van der Waals surface area (Å²) < 4.78 is 5.39. The first-order valence-corrected chi connectivity index (χ1v) is 7.12. The number of likely N-dealkylation sites (N-methyl/N-ethyl adjacent to an activating group) is 1. The van der Waals surface area contributed by atoms with Crippen LogP contribution >= 0.6 is 0 Å². The van der Waals surface area contributed by atoms with Crippen molar-refractivity contribution >= 4 is 0 Å². The van der Waals surface area contributed by atoms with E-state index in [1.54, 1.807) is 7.11 Å². The molecule has 3 heteroatoms. The monoisotopic (exact) mass is 263 g/mol. The van der Waals surface area contributed by atoms with E-state index in [0.29, 0.717) is 5.92 Å². The van der Waals surface area contributed by atoms with Crippen molar-refractivity contribution in [1.29, 1.82) is 0 Å². The number of rotatable bonds is 4. The van der Waals surface area contributed by atoms with Crippen LogP contribution in [0.1, 0.15) is 31.7 Å². The van der Waals surface area contributed by atoms with E-state index in [2.05, 4.69) is 24.9 Å². The summed E-state index contributed by atoms with van der Waals surface area (Å²) in [7, 11) is 3.80. The molecule has 1 fully saturated rings. The van der Waals surface area contributed by atoms with Gasteiger partial charge >= 0.3 is 0 Å². The fraction of sp³-hybridized carbons (Fsp3) is 0.625. The Balaban J connectivity index is 2.05. The molecule has 3 nitrogen and oxygen atoms in total. The summed E-state index contributed by atoms with van der Waals surface area (Å²) in [4.78, 5) is 2.26. The lowest BCUT2D eigenvalue weighted by atomic mass is 9.84. The molecule has 0 saturated heterocycles. The number of benzene rings is 1. The summed E-state index contributed by atoms with van der Waals surface area (Å²) in [5.74, 6) is 1.63. The van der Waals surface area contributed by atoms with E-state index >= 15 is 0 Å². The highest BCUT2D eigenvalue weighted by atomic mass is 16.5. The quantitative estimate of drug-likeness (QED) is 0.906. The number of ether oxygens (including phenoxy) is 1. The SMILES string of the molecule is COc1ccccc1CN(C)C1CC(C)CCC1O. The molecule has 0 aromatic heterocycles. The number of methoxy groups -OCH3 is 1. The molecule has 3 unspecified atom stereocenters. The maximum Gasteiger partial charge on any atom is 0.123 e. The van der Waals surface area contributed by atoms with Gasteiger partial charge in [0.15, 0.2) is 0 Å². The van der Waals surface area contributed by atoms with Crippen molar-refractivity contribution < 1.29 is 9.84 Å². The molecule has 1 aromatic rings. The van der Waals surface area contributed by atoms with Crippen LogP contribution in [0.3, 0.4) is 0 Å². The molecule has 106 valence electrons. The Morgan fingerprint density at radius 1 is 1.32 bits per heavy atom. The summed E-state index contributed by atoms with van der Waals surface area (Å²) in [6.07, 6.45) is 2.94. The number of para-hydroxylation sites is 1. The fourth-order valence-corrected chi connectivity index (χ4v) is 3.03. The Morgan fingerprint density at radius 2 is 2.05 bits per heavy atom. The number of hydrogen-bond acceptors (Lipinski definition) is 3. The zero-order chi connectivity index (χ0) is 13.8. The standard InChI is InChI=1S/C16H25NO2/c1-12-8-9-15(18)14(10-12)17(2)11-13-6-4-5-7-16(13)19-3/h4-7,12,14-15,18H,8-11H2,1-3H3. The minimum absolute atomic E-state index is 0.198. The van der Waals surface area contributed by atoms with Gasteiger partial charge in [0.2, 0.25) is 0 Å². The summed E-state index contributed by atoms with van der Waals surface area (Å²) in [5, 5.41) is 10.2. The molecule has 1 aliphatic rings. The highest BCUT2D eigenvalue weighted by Gasteiger charge is 2.30. The van der Waals surface area contributed by atoms with Crippen molar-refractivity contribution in [3.63, 3.8) is 0 Å². The minimum atomic E-state index is -0.198. The molecule has 1 saturated carbocycles. The van der Waals surface area contributed by atoms with Crippen molar-refractivity contribution in [2.75, 3.05) is 14.2 Å². The van der Waals surface area contributed by atoms with Gasteiger partial charge in [-0.2, -0.15) is 0 Å². The average Bonchev–Trinajstić information content (AvgIpc) is 2.42. The first kappa shape index (κ1) is 14.4. The van der Waals surface area contributed by atoms with Crippen LogP contribution in [-0.4, -0.2) is 36.3 Å². The Labute approximate surface area is 116 Å². The van der Waals surface area contributed by atoms with Crippen LogP contribution in [0, 0.1) is 5.92 Å². The summed E-state index contributed by atoms with van der Waals surface area (Å²) in [5.41, 5.74) is 1.18. The summed E-state index contributed by atoms with van der Waals surface area (Å²) >= 11 is 0. The molecule has 19 heavy (non-hydrogen) atoms. The van der Waals surface area contributed by atoms with Crippen LogP contribution in [0.5, 0.6) is 5.75 Å². The normalized spacial score (nSPS) is 27.5. The van der Waals surface area contributed by atoms with Crippen LogP contribution in [-0.2, 0) is 6.54 Å². The van der Waals surface area contributed by atoms with Crippen molar-refractivity contribution in [2.45, 2.75) is 44.9 Å². The highest BCUT2D eigenvalue weighted by molar-refractivity contribution is 5.33. The van der Waals surface area contributed by atoms with Gasteiger partial charge in [0.05, 0.1) is 13.2 Å². The Kier molecular flexibility index (Phi) is 4.83. The van der Waals surface area contributed by atoms with Crippen molar-refractivity contribution in [2.24, 2.45) is 5.92 Å². The molecule has 1 aromatic carbocycles. The van der Waals surface area contributed by atoms with E-state index in [4.69, 9.17) is 4.74 Å². The Hall–Kier alpha value is -1.06.